The van der Waals surface area contributed by atoms with Crippen LogP contribution in [0.1, 0.15) is 60.3 Å². The number of carbonyl (C=O) groups is 1. The Morgan fingerprint density at radius 1 is 1.24 bits per heavy atom. The second-order valence-electron chi connectivity index (χ2n) is 7.13. The number of likely N-dealkylation sites (tertiary alicyclic amines) is 1. The molecule has 0 radical (unpaired) electrons. The van der Waals surface area contributed by atoms with Crippen LogP contribution in [0, 0.1) is 0 Å². The van der Waals surface area contributed by atoms with E-state index in [0.717, 1.165) is 45.3 Å². The van der Waals surface area contributed by atoms with Gasteiger partial charge in [0.1, 0.15) is 5.60 Å². The van der Waals surface area contributed by atoms with E-state index in [-0.39, 0.29) is 12.1 Å². The SMILES string of the molecule is CCC(O)(CC)CN1CCC(NC(=O)OC(C)(C)C)CC1. The van der Waals surface area contributed by atoms with Gasteiger partial charge in [-0.05, 0) is 46.5 Å². The lowest BCUT2D eigenvalue weighted by Gasteiger charge is -2.37. The number of hydrogen-bond acceptors (Lipinski definition) is 4. The quantitative estimate of drug-likeness (QED) is 0.819. The van der Waals surface area contributed by atoms with Crippen LogP contribution in [-0.2, 0) is 4.74 Å². The Labute approximate surface area is 129 Å². The maximum Gasteiger partial charge on any atom is 0.407 e. The van der Waals surface area contributed by atoms with Crippen molar-refractivity contribution in [1.82, 2.24) is 10.2 Å². The third-order valence-electron chi connectivity index (χ3n) is 4.14. The molecule has 0 aromatic rings. The molecule has 0 saturated carbocycles. The van der Waals surface area contributed by atoms with Gasteiger partial charge in [-0.1, -0.05) is 13.8 Å². The van der Waals surface area contributed by atoms with Crippen LogP contribution < -0.4 is 5.32 Å². The number of amides is 1. The molecule has 0 atom stereocenters. The highest BCUT2D eigenvalue weighted by Gasteiger charge is 2.29. The van der Waals surface area contributed by atoms with Crippen LogP contribution in [0.15, 0.2) is 0 Å². The Morgan fingerprint density at radius 2 is 1.76 bits per heavy atom. The maximum atomic E-state index is 11.7. The number of aliphatic hydroxyl groups is 1. The number of nitrogens with zero attached hydrogens (tertiary/aromatic N) is 1. The minimum atomic E-state index is -0.578. The fraction of sp³-hybridized carbons (Fsp3) is 0.938. The van der Waals surface area contributed by atoms with Crippen molar-refractivity contribution in [2.24, 2.45) is 0 Å². The molecule has 1 fully saturated rings. The van der Waals surface area contributed by atoms with Gasteiger partial charge in [-0.15, -0.1) is 0 Å². The average Bonchev–Trinajstić information content (AvgIpc) is 2.39. The fourth-order valence-corrected chi connectivity index (χ4v) is 2.60. The Kier molecular flexibility index (Phi) is 6.47. The third kappa shape index (κ3) is 6.66. The molecule has 5 heteroatoms. The zero-order chi connectivity index (χ0) is 16.1. The molecular formula is C16H32N2O3. The van der Waals surface area contributed by atoms with E-state index < -0.39 is 11.2 Å². The summed E-state index contributed by atoms with van der Waals surface area (Å²) in [5.74, 6) is 0. The predicted molar refractivity (Wildman–Crippen MR) is 84.4 cm³/mol. The summed E-state index contributed by atoms with van der Waals surface area (Å²) in [6.07, 6.45) is 3.03. The lowest BCUT2D eigenvalue weighted by molar-refractivity contribution is -0.0106. The van der Waals surface area contributed by atoms with Crippen molar-refractivity contribution in [2.75, 3.05) is 19.6 Å². The van der Waals surface area contributed by atoms with Gasteiger partial charge in [0.25, 0.3) is 0 Å². The van der Waals surface area contributed by atoms with Gasteiger partial charge in [0.05, 0.1) is 5.60 Å². The zero-order valence-corrected chi connectivity index (χ0v) is 14.2. The van der Waals surface area contributed by atoms with Crippen molar-refractivity contribution in [3.63, 3.8) is 0 Å². The number of rotatable bonds is 5. The monoisotopic (exact) mass is 300 g/mol. The lowest BCUT2D eigenvalue weighted by Crippen LogP contribution is -2.50. The van der Waals surface area contributed by atoms with E-state index in [1.54, 1.807) is 0 Å². The van der Waals surface area contributed by atoms with E-state index in [9.17, 15) is 9.90 Å². The topological polar surface area (TPSA) is 61.8 Å². The fourth-order valence-electron chi connectivity index (χ4n) is 2.60. The molecule has 0 unspecified atom stereocenters. The van der Waals surface area contributed by atoms with Crippen molar-refractivity contribution < 1.29 is 14.6 Å². The summed E-state index contributed by atoms with van der Waals surface area (Å²) in [7, 11) is 0. The number of hydrogen-bond donors (Lipinski definition) is 2. The average molecular weight is 300 g/mol. The minimum absolute atomic E-state index is 0.174. The third-order valence-corrected chi connectivity index (χ3v) is 4.14. The number of nitrogens with one attached hydrogen (secondary N) is 1. The molecule has 1 amide bonds. The largest absolute Gasteiger partial charge is 0.444 e. The molecule has 1 aliphatic rings. The van der Waals surface area contributed by atoms with Crippen LogP contribution in [0.4, 0.5) is 4.79 Å². The van der Waals surface area contributed by atoms with Crippen LogP contribution in [0.2, 0.25) is 0 Å². The first kappa shape index (κ1) is 18.2. The molecule has 5 nitrogen and oxygen atoms in total. The molecule has 124 valence electrons. The van der Waals surface area contributed by atoms with E-state index in [1.165, 1.54) is 0 Å². The van der Waals surface area contributed by atoms with Gasteiger partial charge in [0.15, 0.2) is 0 Å². The molecule has 1 rings (SSSR count). The minimum Gasteiger partial charge on any atom is -0.444 e. The molecule has 0 bridgehead atoms. The Bertz CT molecular complexity index is 327. The summed E-state index contributed by atoms with van der Waals surface area (Å²) < 4.78 is 5.28. The summed E-state index contributed by atoms with van der Waals surface area (Å²) in [6.45, 7) is 12.2. The Hall–Kier alpha value is -0.810. The van der Waals surface area contributed by atoms with Gasteiger partial charge >= 0.3 is 6.09 Å². The highest BCUT2D eigenvalue weighted by molar-refractivity contribution is 5.68. The van der Waals surface area contributed by atoms with Crippen molar-refractivity contribution >= 4 is 6.09 Å². The first-order valence-electron chi connectivity index (χ1n) is 8.11. The van der Waals surface area contributed by atoms with Crippen molar-refractivity contribution in [3.05, 3.63) is 0 Å². The number of ether oxygens (including phenoxy) is 1. The normalized spacial score (nSPS) is 18.6. The summed E-state index contributed by atoms with van der Waals surface area (Å²) in [6, 6.07) is 0.174. The molecule has 21 heavy (non-hydrogen) atoms. The van der Waals surface area contributed by atoms with Gasteiger partial charge in [-0.3, -0.25) is 0 Å². The van der Waals surface area contributed by atoms with Gasteiger partial charge < -0.3 is 20.1 Å². The molecular weight excluding hydrogens is 268 g/mol. The molecule has 1 aliphatic heterocycles. The van der Waals surface area contributed by atoms with E-state index in [4.69, 9.17) is 4.74 Å². The zero-order valence-electron chi connectivity index (χ0n) is 14.2. The molecule has 0 aromatic heterocycles. The van der Waals surface area contributed by atoms with Crippen LogP contribution >= 0.6 is 0 Å². The number of β-amino-alcohol motifs (C(OH)–C–C–N with tert-alkyl or cyclic N) is 1. The molecule has 1 heterocycles. The van der Waals surface area contributed by atoms with E-state index in [0.29, 0.717) is 0 Å². The standard InChI is InChI=1S/C16H32N2O3/c1-6-16(20,7-2)12-18-10-8-13(9-11-18)17-14(19)21-15(3,4)5/h13,20H,6-12H2,1-5H3,(H,17,19). The second kappa shape index (κ2) is 7.45. The molecule has 0 aromatic carbocycles. The summed E-state index contributed by atoms with van der Waals surface area (Å²) >= 11 is 0. The van der Waals surface area contributed by atoms with E-state index >= 15 is 0 Å². The van der Waals surface area contributed by atoms with Crippen LogP contribution in [0.3, 0.4) is 0 Å². The van der Waals surface area contributed by atoms with Gasteiger partial charge in [-0.2, -0.15) is 0 Å². The number of carbonyl (C=O) groups excluding carboxylic acids is 1. The van der Waals surface area contributed by atoms with Gasteiger partial charge in [0.2, 0.25) is 0 Å². The van der Waals surface area contributed by atoms with E-state index in [1.807, 2.05) is 34.6 Å². The maximum absolute atomic E-state index is 11.7. The Morgan fingerprint density at radius 3 is 2.19 bits per heavy atom. The van der Waals surface area contributed by atoms with Gasteiger partial charge in [-0.25, -0.2) is 4.79 Å². The number of piperidine rings is 1. The summed E-state index contributed by atoms with van der Waals surface area (Å²) in [5.41, 5.74) is -1.03. The molecule has 0 aliphatic carbocycles. The second-order valence-corrected chi connectivity index (χ2v) is 7.13. The highest BCUT2D eigenvalue weighted by Crippen LogP contribution is 2.20. The predicted octanol–water partition coefficient (Wildman–Crippen LogP) is 2.53. The van der Waals surface area contributed by atoms with Crippen molar-refractivity contribution in [2.45, 2.75) is 77.5 Å². The number of alkyl carbamates (subject to hydrolysis) is 1. The lowest BCUT2D eigenvalue weighted by atomic mass is 9.95. The summed E-state index contributed by atoms with van der Waals surface area (Å²) in [5, 5.41) is 13.3. The van der Waals surface area contributed by atoms with Gasteiger partial charge in [0, 0.05) is 25.7 Å². The summed E-state index contributed by atoms with van der Waals surface area (Å²) in [4.78, 5) is 14.0. The first-order valence-corrected chi connectivity index (χ1v) is 8.11. The smallest absolute Gasteiger partial charge is 0.407 e. The molecule has 2 N–H and O–H groups in total. The van der Waals surface area contributed by atoms with E-state index in [2.05, 4.69) is 10.2 Å². The van der Waals surface area contributed by atoms with Crippen LogP contribution in [-0.4, -0.2) is 53.0 Å². The molecule has 0 spiro atoms. The van der Waals surface area contributed by atoms with Crippen LogP contribution in [0.25, 0.3) is 0 Å². The highest BCUT2D eigenvalue weighted by atomic mass is 16.6. The first-order chi connectivity index (χ1) is 9.67. The van der Waals surface area contributed by atoms with Crippen molar-refractivity contribution in [1.29, 1.82) is 0 Å². The Balaban J connectivity index is 2.34. The van der Waals surface area contributed by atoms with Crippen LogP contribution in [0.5, 0.6) is 0 Å². The van der Waals surface area contributed by atoms with Crippen molar-refractivity contribution in [3.8, 4) is 0 Å². The molecule has 1 saturated heterocycles.